The molecule has 0 amide bonds. The summed E-state index contributed by atoms with van der Waals surface area (Å²) in [6, 6.07) is 4.20. The van der Waals surface area contributed by atoms with E-state index in [1.54, 1.807) is 4.68 Å². The molecule has 2 N–H and O–H groups in total. The normalized spacial score (nSPS) is 16.0. The van der Waals surface area contributed by atoms with Crippen LogP contribution in [-0.4, -0.2) is 0 Å². The highest BCUT2D eigenvalue weighted by Crippen LogP contribution is 2.16. The Hall–Kier alpha value is -1.05. The van der Waals surface area contributed by atoms with Crippen LogP contribution in [0.15, 0.2) is 18.3 Å². The summed E-state index contributed by atoms with van der Waals surface area (Å²) in [6.45, 7) is 0. The molecule has 0 saturated carbocycles. The van der Waals surface area contributed by atoms with Crippen LogP contribution in [0.1, 0.15) is 24.1 Å². The molecule has 1 aliphatic rings. The molecule has 0 aliphatic heterocycles. The van der Waals surface area contributed by atoms with Gasteiger partial charge in [0.25, 0.3) is 0 Å². The minimum Gasteiger partial charge on any atom is -0.205 e. The first-order valence-corrected chi connectivity index (χ1v) is 4.15. The van der Waals surface area contributed by atoms with Crippen molar-refractivity contribution in [2.24, 2.45) is 0 Å². The molecule has 1 aromatic heterocycles. The summed E-state index contributed by atoms with van der Waals surface area (Å²) in [6.07, 6.45) is 6.87. The van der Waals surface area contributed by atoms with Crippen LogP contribution in [-0.2, 0) is 12.8 Å². The first kappa shape index (κ1) is 6.65. The van der Waals surface area contributed by atoms with Crippen LogP contribution in [0.2, 0.25) is 0 Å². The Balaban J connectivity index is 2.49. The van der Waals surface area contributed by atoms with E-state index in [1.165, 1.54) is 30.5 Å². The Bertz CT molecular complexity index is 268. The van der Waals surface area contributed by atoms with E-state index in [9.17, 15) is 0 Å². The summed E-state index contributed by atoms with van der Waals surface area (Å²) >= 11 is 0. The Morgan fingerprint density at radius 2 is 2.09 bits per heavy atom. The molecule has 0 spiro atoms. The average molecular weight is 149 g/mol. The van der Waals surface area contributed by atoms with Gasteiger partial charge >= 0.3 is 0 Å². The fourth-order valence-electron chi connectivity index (χ4n) is 1.73. The molecule has 0 radical (unpaired) electrons. The van der Waals surface area contributed by atoms with E-state index in [-0.39, 0.29) is 0 Å². The third-order valence-corrected chi connectivity index (χ3v) is 2.34. The Morgan fingerprint density at radius 3 is 2.91 bits per heavy atom. The van der Waals surface area contributed by atoms with Crippen LogP contribution < -0.4 is 10.5 Å². The number of rotatable bonds is 0. The van der Waals surface area contributed by atoms with Gasteiger partial charge in [0.2, 0.25) is 5.69 Å². The summed E-state index contributed by atoms with van der Waals surface area (Å²) in [5.74, 6) is 5.76. The summed E-state index contributed by atoms with van der Waals surface area (Å²) < 4.78 is 1.76. The maximum atomic E-state index is 5.76. The smallest absolute Gasteiger partial charge is 0.205 e. The van der Waals surface area contributed by atoms with E-state index in [0.717, 1.165) is 6.42 Å². The number of hydrogen-bond donors (Lipinski definition) is 1. The van der Waals surface area contributed by atoms with E-state index >= 15 is 0 Å². The van der Waals surface area contributed by atoms with E-state index in [4.69, 9.17) is 5.84 Å². The molecule has 0 atom stereocenters. The first-order chi connectivity index (χ1) is 5.38. The number of pyridine rings is 1. The van der Waals surface area contributed by atoms with Gasteiger partial charge < -0.3 is 0 Å². The van der Waals surface area contributed by atoms with Crippen molar-refractivity contribution in [3.8, 4) is 0 Å². The molecule has 2 rings (SSSR count). The molecule has 1 aliphatic carbocycles. The van der Waals surface area contributed by atoms with Crippen LogP contribution in [0, 0.1) is 0 Å². The van der Waals surface area contributed by atoms with Gasteiger partial charge in [-0.1, -0.05) is 4.68 Å². The number of nitrogens with zero attached hydrogens (tertiary/aromatic N) is 1. The number of nitrogens with two attached hydrogens (primary N) is 1. The monoisotopic (exact) mass is 149 g/mol. The Labute approximate surface area is 66.6 Å². The van der Waals surface area contributed by atoms with E-state index in [2.05, 4.69) is 6.07 Å². The first-order valence-electron chi connectivity index (χ1n) is 4.15. The van der Waals surface area contributed by atoms with Crippen LogP contribution in [0.3, 0.4) is 0 Å². The summed E-state index contributed by atoms with van der Waals surface area (Å²) in [5, 5.41) is 0. The molecule has 1 aromatic rings. The second-order valence-electron chi connectivity index (χ2n) is 3.09. The summed E-state index contributed by atoms with van der Waals surface area (Å²) in [5.41, 5.74) is 2.75. The molecule has 58 valence electrons. The van der Waals surface area contributed by atoms with Gasteiger partial charge in [0, 0.05) is 18.1 Å². The minimum atomic E-state index is 1.15. The standard InChI is InChI=1S/C9H13N2/c10-11-7-3-5-8-4-1-2-6-9(8)11/h3,5,7H,1-2,4,6,10H2/q+1. The van der Waals surface area contributed by atoms with E-state index in [1.807, 2.05) is 12.3 Å². The molecule has 0 saturated heterocycles. The van der Waals surface area contributed by atoms with E-state index in [0.29, 0.717) is 0 Å². The predicted octanol–water partition coefficient (Wildman–Crippen LogP) is 0.567. The summed E-state index contributed by atoms with van der Waals surface area (Å²) in [4.78, 5) is 0. The zero-order valence-corrected chi connectivity index (χ0v) is 6.59. The SMILES string of the molecule is N[n+]1cccc2c1CCCC2. The minimum absolute atomic E-state index is 1.15. The molecule has 2 heteroatoms. The zero-order chi connectivity index (χ0) is 7.68. The van der Waals surface area contributed by atoms with Crippen molar-refractivity contribution >= 4 is 0 Å². The molecule has 11 heavy (non-hydrogen) atoms. The van der Waals surface area contributed by atoms with E-state index < -0.39 is 0 Å². The van der Waals surface area contributed by atoms with Crippen LogP contribution in [0.5, 0.6) is 0 Å². The number of hydrogen-bond acceptors (Lipinski definition) is 1. The lowest BCUT2D eigenvalue weighted by atomic mass is 9.96. The topological polar surface area (TPSA) is 29.9 Å². The lowest BCUT2D eigenvalue weighted by Gasteiger charge is -2.10. The molecule has 1 heterocycles. The van der Waals surface area contributed by atoms with Gasteiger partial charge in [-0.15, -0.1) is 0 Å². The fraction of sp³-hybridized carbons (Fsp3) is 0.444. The number of aromatic nitrogens is 1. The highest BCUT2D eigenvalue weighted by atomic mass is 15.3. The molecule has 0 unspecified atom stereocenters. The lowest BCUT2D eigenvalue weighted by Crippen LogP contribution is -2.49. The van der Waals surface area contributed by atoms with Crippen molar-refractivity contribution in [3.63, 3.8) is 0 Å². The Kier molecular flexibility index (Phi) is 1.53. The van der Waals surface area contributed by atoms with Gasteiger partial charge in [-0.25, -0.2) is 5.84 Å². The van der Waals surface area contributed by atoms with Crippen molar-refractivity contribution < 1.29 is 4.68 Å². The molecule has 0 fully saturated rings. The average Bonchev–Trinajstić information content (AvgIpc) is 2.06. The molecule has 0 aromatic carbocycles. The second kappa shape index (κ2) is 2.53. The van der Waals surface area contributed by atoms with Crippen molar-refractivity contribution in [1.29, 1.82) is 0 Å². The predicted molar refractivity (Wildman–Crippen MR) is 43.4 cm³/mol. The quantitative estimate of drug-likeness (QED) is 0.424. The van der Waals surface area contributed by atoms with Gasteiger partial charge in [-0.3, -0.25) is 0 Å². The maximum absolute atomic E-state index is 5.76. The number of aryl methyl sites for hydroxylation is 1. The molecular weight excluding hydrogens is 136 g/mol. The third-order valence-electron chi connectivity index (χ3n) is 2.34. The lowest BCUT2D eigenvalue weighted by molar-refractivity contribution is -0.647. The van der Waals surface area contributed by atoms with Gasteiger partial charge in [-0.05, 0) is 25.3 Å². The molecular formula is C9H13N2+. The van der Waals surface area contributed by atoms with Crippen molar-refractivity contribution in [3.05, 3.63) is 29.6 Å². The highest BCUT2D eigenvalue weighted by molar-refractivity contribution is 5.18. The summed E-state index contributed by atoms with van der Waals surface area (Å²) in [7, 11) is 0. The van der Waals surface area contributed by atoms with Crippen LogP contribution >= 0.6 is 0 Å². The molecule has 0 bridgehead atoms. The van der Waals surface area contributed by atoms with Gasteiger partial charge in [0.05, 0.1) is 0 Å². The largest absolute Gasteiger partial charge is 0.214 e. The van der Waals surface area contributed by atoms with Gasteiger partial charge in [0.15, 0.2) is 6.20 Å². The third kappa shape index (κ3) is 1.09. The van der Waals surface area contributed by atoms with Crippen molar-refractivity contribution in [2.45, 2.75) is 25.7 Å². The number of fused-ring (bicyclic) bond motifs is 1. The zero-order valence-electron chi connectivity index (χ0n) is 6.59. The fourth-order valence-corrected chi connectivity index (χ4v) is 1.73. The van der Waals surface area contributed by atoms with Gasteiger partial charge in [-0.2, -0.15) is 0 Å². The second-order valence-corrected chi connectivity index (χ2v) is 3.09. The highest BCUT2D eigenvalue weighted by Gasteiger charge is 2.17. The Morgan fingerprint density at radius 1 is 1.27 bits per heavy atom. The maximum Gasteiger partial charge on any atom is 0.214 e. The van der Waals surface area contributed by atoms with Gasteiger partial charge in [0.1, 0.15) is 0 Å². The van der Waals surface area contributed by atoms with Crippen molar-refractivity contribution in [2.75, 3.05) is 5.84 Å². The van der Waals surface area contributed by atoms with Crippen LogP contribution in [0.25, 0.3) is 0 Å². The van der Waals surface area contributed by atoms with Crippen LogP contribution in [0.4, 0.5) is 0 Å². The number of nitrogen functional groups attached to an aromatic ring is 1. The van der Waals surface area contributed by atoms with Crippen molar-refractivity contribution in [1.82, 2.24) is 0 Å². The molecule has 2 nitrogen and oxygen atoms in total.